The zero-order valence-corrected chi connectivity index (χ0v) is 15.8. The molecule has 2 N–H and O–H groups in total. The van der Waals surface area contributed by atoms with E-state index < -0.39 is 11.9 Å². The van der Waals surface area contributed by atoms with Crippen molar-refractivity contribution in [2.45, 2.75) is 13.0 Å². The largest absolute Gasteiger partial charge is 0.324 e. The minimum Gasteiger partial charge on any atom is -0.324 e. The molecule has 0 bridgehead atoms. The van der Waals surface area contributed by atoms with Crippen LogP contribution in [0.25, 0.3) is 0 Å². The molecule has 27 heavy (non-hydrogen) atoms. The highest BCUT2D eigenvalue weighted by Crippen LogP contribution is 2.23. The highest BCUT2D eigenvalue weighted by atomic mass is 35.5. The maximum absolute atomic E-state index is 12.4. The number of anilines is 2. The molecule has 6 nitrogen and oxygen atoms in total. The minimum absolute atomic E-state index is 0.222. The smallest absolute Gasteiger partial charge is 0.257 e. The Hall–Kier alpha value is -2.83. The summed E-state index contributed by atoms with van der Waals surface area (Å²) in [6.07, 6.45) is 3.33. The summed E-state index contributed by atoms with van der Waals surface area (Å²) in [5, 5.41) is 10.3. The van der Waals surface area contributed by atoms with Crippen molar-refractivity contribution in [3.63, 3.8) is 0 Å². The van der Waals surface area contributed by atoms with E-state index in [1.807, 2.05) is 0 Å². The lowest BCUT2D eigenvalue weighted by atomic mass is 10.2. The first kappa shape index (κ1) is 18.9. The van der Waals surface area contributed by atoms with Crippen LogP contribution in [0.4, 0.5) is 11.4 Å². The third kappa shape index (κ3) is 4.67. The first-order chi connectivity index (χ1) is 12.9. The summed E-state index contributed by atoms with van der Waals surface area (Å²) in [6.45, 7) is 1.75. The highest BCUT2D eigenvalue weighted by Gasteiger charge is 2.16. The average Bonchev–Trinajstić information content (AvgIpc) is 3.18. The molecule has 1 atom stereocenters. The van der Waals surface area contributed by atoms with Crippen LogP contribution in [0.2, 0.25) is 10.0 Å². The van der Waals surface area contributed by atoms with Crippen LogP contribution in [0.15, 0.2) is 60.9 Å². The number of carbonyl (C=O) groups excluding carboxylic acids is 2. The Kier molecular flexibility index (Phi) is 5.78. The molecule has 0 unspecified atom stereocenters. The van der Waals surface area contributed by atoms with Gasteiger partial charge in [-0.2, -0.15) is 5.10 Å². The maximum Gasteiger partial charge on any atom is 0.257 e. The summed E-state index contributed by atoms with van der Waals surface area (Å²) in [4.78, 5) is 24.8. The molecule has 2 amide bonds. The molecule has 3 rings (SSSR count). The zero-order valence-electron chi connectivity index (χ0n) is 14.3. The molecule has 0 saturated carbocycles. The van der Waals surface area contributed by atoms with E-state index in [1.165, 1.54) is 6.07 Å². The summed E-state index contributed by atoms with van der Waals surface area (Å²) in [5.41, 5.74) is 1.33. The Balaban J connectivity index is 1.71. The number of benzene rings is 2. The molecular weight excluding hydrogens is 387 g/mol. The molecule has 1 aromatic heterocycles. The Morgan fingerprint density at radius 2 is 1.78 bits per heavy atom. The number of rotatable bonds is 5. The molecule has 8 heteroatoms. The van der Waals surface area contributed by atoms with Gasteiger partial charge in [0.15, 0.2) is 0 Å². The summed E-state index contributed by atoms with van der Waals surface area (Å²) in [7, 11) is 0. The molecule has 0 aliphatic heterocycles. The minimum atomic E-state index is -0.469. The molecule has 0 aliphatic rings. The van der Waals surface area contributed by atoms with Gasteiger partial charge in [-0.25, -0.2) is 0 Å². The number of hydrogen-bond donors (Lipinski definition) is 2. The van der Waals surface area contributed by atoms with Crippen molar-refractivity contribution in [3.05, 3.63) is 76.5 Å². The third-order valence-electron chi connectivity index (χ3n) is 3.86. The van der Waals surface area contributed by atoms with E-state index in [0.717, 1.165) is 0 Å². The van der Waals surface area contributed by atoms with E-state index in [2.05, 4.69) is 15.7 Å². The van der Waals surface area contributed by atoms with Gasteiger partial charge in [0, 0.05) is 28.8 Å². The van der Waals surface area contributed by atoms with Crippen molar-refractivity contribution in [2.75, 3.05) is 10.6 Å². The second-order valence-corrected chi connectivity index (χ2v) is 6.65. The lowest BCUT2D eigenvalue weighted by Gasteiger charge is -2.14. The first-order valence-corrected chi connectivity index (χ1v) is 8.86. The van der Waals surface area contributed by atoms with Crippen molar-refractivity contribution in [3.8, 4) is 0 Å². The molecule has 0 radical (unpaired) electrons. The molecule has 138 valence electrons. The van der Waals surface area contributed by atoms with E-state index in [-0.39, 0.29) is 11.5 Å². The predicted molar refractivity (Wildman–Crippen MR) is 106 cm³/mol. The van der Waals surface area contributed by atoms with Gasteiger partial charge in [0.1, 0.15) is 6.04 Å². The quantitative estimate of drug-likeness (QED) is 0.652. The van der Waals surface area contributed by atoms with Crippen molar-refractivity contribution >= 4 is 46.4 Å². The number of nitrogens with one attached hydrogen (secondary N) is 2. The van der Waals surface area contributed by atoms with Gasteiger partial charge in [0.25, 0.3) is 5.91 Å². The normalized spacial score (nSPS) is 11.7. The predicted octanol–water partition coefficient (Wildman–Crippen LogP) is 4.64. The number of amides is 2. The summed E-state index contributed by atoms with van der Waals surface area (Å²) < 4.78 is 1.56. The van der Waals surface area contributed by atoms with E-state index in [4.69, 9.17) is 23.2 Å². The first-order valence-electron chi connectivity index (χ1n) is 8.10. The van der Waals surface area contributed by atoms with Crippen molar-refractivity contribution < 1.29 is 9.59 Å². The Bertz CT molecular complexity index is 974. The summed E-state index contributed by atoms with van der Waals surface area (Å²) >= 11 is 12.0. The van der Waals surface area contributed by atoms with E-state index >= 15 is 0 Å². The average molecular weight is 403 g/mol. The van der Waals surface area contributed by atoms with Crippen LogP contribution >= 0.6 is 23.2 Å². The molecule has 0 spiro atoms. The van der Waals surface area contributed by atoms with Crippen LogP contribution in [-0.4, -0.2) is 21.6 Å². The molecule has 1 heterocycles. The second-order valence-electron chi connectivity index (χ2n) is 5.81. The van der Waals surface area contributed by atoms with E-state index in [0.29, 0.717) is 21.4 Å². The van der Waals surface area contributed by atoms with Gasteiger partial charge in [-0.15, -0.1) is 0 Å². The fourth-order valence-electron chi connectivity index (χ4n) is 2.42. The monoisotopic (exact) mass is 402 g/mol. The van der Waals surface area contributed by atoms with Crippen molar-refractivity contribution in [1.82, 2.24) is 9.78 Å². The lowest BCUT2D eigenvalue weighted by molar-refractivity contribution is -0.119. The highest BCUT2D eigenvalue weighted by molar-refractivity contribution is 6.36. The second kappa shape index (κ2) is 8.24. The Morgan fingerprint density at radius 1 is 1.04 bits per heavy atom. The lowest BCUT2D eigenvalue weighted by Crippen LogP contribution is -2.24. The number of aromatic nitrogens is 2. The topological polar surface area (TPSA) is 76.0 Å². The Morgan fingerprint density at radius 3 is 2.48 bits per heavy atom. The zero-order chi connectivity index (χ0) is 19.4. The molecule has 2 aromatic carbocycles. The van der Waals surface area contributed by atoms with Gasteiger partial charge in [0.05, 0.1) is 10.6 Å². The van der Waals surface area contributed by atoms with Gasteiger partial charge >= 0.3 is 0 Å². The molecular formula is C19H16Cl2N4O2. The van der Waals surface area contributed by atoms with Crippen LogP contribution < -0.4 is 10.6 Å². The molecule has 0 saturated heterocycles. The molecule has 3 aromatic rings. The van der Waals surface area contributed by atoms with Crippen molar-refractivity contribution in [2.24, 2.45) is 0 Å². The molecule has 0 aliphatic carbocycles. The van der Waals surface area contributed by atoms with Crippen LogP contribution in [0.3, 0.4) is 0 Å². The summed E-state index contributed by atoms with van der Waals surface area (Å²) in [5.74, 6) is -0.615. The molecule has 0 fully saturated rings. The van der Waals surface area contributed by atoms with E-state index in [1.54, 1.807) is 66.5 Å². The van der Waals surface area contributed by atoms with Gasteiger partial charge in [-0.1, -0.05) is 29.3 Å². The third-order valence-corrected chi connectivity index (χ3v) is 4.43. The SMILES string of the molecule is C[C@H](C(=O)Nc1cccc(NC(=O)c2cc(Cl)ccc2Cl)c1)n1cccn1. The van der Waals surface area contributed by atoms with Crippen LogP contribution in [-0.2, 0) is 4.79 Å². The fourth-order valence-corrected chi connectivity index (χ4v) is 2.80. The van der Waals surface area contributed by atoms with Gasteiger partial charge in [-0.05, 0) is 49.4 Å². The number of carbonyl (C=O) groups is 2. The van der Waals surface area contributed by atoms with Gasteiger partial charge < -0.3 is 10.6 Å². The number of hydrogen-bond acceptors (Lipinski definition) is 3. The summed E-state index contributed by atoms with van der Waals surface area (Å²) in [6, 6.07) is 12.8. The van der Waals surface area contributed by atoms with Gasteiger partial charge in [0.2, 0.25) is 5.91 Å². The number of nitrogens with zero attached hydrogens (tertiary/aromatic N) is 2. The maximum atomic E-state index is 12.4. The van der Waals surface area contributed by atoms with Gasteiger partial charge in [-0.3, -0.25) is 14.3 Å². The number of halogens is 2. The van der Waals surface area contributed by atoms with Crippen LogP contribution in [0, 0.1) is 0 Å². The fraction of sp³-hybridized carbons (Fsp3) is 0.105. The van der Waals surface area contributed by atoms with Crippen LogP contribution in [0.5, 0.6) is 0 Å². The van der Waals surface area contributed by atoms with Crippen LogP contribution in [0.1, 0.15) is 23.3 Å². The van der Waals surface area contributed by atoms with E-state index in [9.17, 15) is 9.59 Å². The van der Waals surface area contributed by atoms with Crippen molar-refractivity contribution in [1.29, 1.82) is 0 Å². The standard InChI is InChI=1S/C19H16Cl2N4O2/c1-12(25-9-3-8-22-25)18(26)23-14-4-2-5-15(11-14)24-19(27)16-10-13(20)6-7-17(16)21/h2-12H,1H3,(H,23,26)(H,24,27)/t12-/m1/s1. The Labute approximate surface area is 166 Å².